The molecule has 1 fully saturated rings. The van der Waals surface area contributed by atoms with Crippen molar-refractivity contribution in [3.63, 3.8) is 0 Å². The van der Waals surface area contributed by atoms with Crippen molar-refractivity contribution in [2.24, 2.45) is 11.7 Å². The third kappa shape index (κ3) is 3.43. The predicted molar refractivity (Wildman–Crippen MR) is 77.6 cm³/mol. The summed E-state index contributed by atoms with van der Waals surface area (Å²) in [5.41, 5.74) is 5.98. The Morgan fingerprint density at radius 3 is 2.57 bits per heavy atom. The molecule has 3 unspecified atom stereocenters. The highest BCUT2D eigenvalue weighted by Crippen LogP contribution is 2.34. The second kappa shape index (κ2) is 6.40. The van der Waals surface area contributed by atoms with Gasteiger partial charge in [0.2, 0.25) is 0 Å². The molecule has 0 radical (unpaired) electrons. The molecular weight excluding hydrogens is 296 g/mol. The van der Waals surface area contributed by atoms with E-state index < -0.39 is 32.8 Å². The van der Waals surface area contributed by atoms with Crippen LogP contribution in [0.1, 0.15) is 39.0 Å². The van der Waals surface area contributed by atoms with Gasteiger partial charge in [-0.05, 0) is 43.4 Å². The van der Waals surface area contributed by atoms with Gasteiger partial charge in [0.25, 0.3) is 0 Å². The molecule has 0 aliphatic heterocycles. The van der Waals surface area contributed by atoms with Crippen molar-refractivity contribution >= 4 is 9.84 Å². The SMILES string of the molecule is CCCC1CCC(N)C(S(=O)(=O)c2ccc(F)c(F)c2)C1. The molecule has 2 rings (SSSR count). The molecule has 0 aromatic heterocycles. The monoisotopic (exact) mass is 317 g/mol. The Kier molecular flexibility index (Phi) is 4.99. The van der Waals surface area contributed by atoms with Crippen molar-refractivity contribution in [2.45, 2.75) is 55.2 Å². The second-order valence-corrected chi connectivity index (χ2v) is 7.96. The van der Waals surface area contributed by atoms with Gasteiger partial charge in [0.1, 0.15) is 0 Å². The van der Waals surface area contributed by atoms with Crippen LogP contribution in [-0.4, -0.2) is 19.7 Å². The quantitative estimate of drug-likeness (QED) is 0.868. The van der Waals surface area contributed by atoms with E-state index in [2.05, 4.69) is 6.92 Å². The smallest absolute Gasteiger partial charge is 0.182 e. The highest BCUT2D eigenvalue weighted by atomic mass is 32.2. The first-order valence-electron chi connectivity index (χ1n) is 7.30. The summed E-state index contributed by atoms with van der Waals surface area (Å²) in [5.74, 6) is -1.86. The standard InChI is InChI=1S/C15H21F2NO2S/c1-2-3-10-4-7-14(18)15(8-10)21(19,20)11-5-6-12(16)13(17)9-11/h5-6,9-10,14-15H,2-4,7-8,18H2,1H3. The molecule has 0 spiro atoms. The van der Waals surface area contributed by atoms with E-state index in [9.17, 15) is 17.2 Å². The molecule has 21 heavy (non-hydrogen) atoms. The first-order chi connectivity index (χ1) is 9.86. The molecule has 0 saturated heterocycles. The molecule has 6 heteroatoms. The molecule has 0 amide bonds. The molecule has 1 aromatic rings. The van der Waals surface area contributed by atoms with E-state index in [0.29, 0.717) is 18.8 Å². The number of rotatable bonds is 4. The molecular formula is C15H21F2NO2S. The molecule has 1 aliphatic rings. The van der Waals surface area contributed by atoms with Gasteiger partial charge in [-0.1, -0.05) is 19.8 Å². The maximum absolute atomic E-state index is 13.3. The number of nitrogens with two attached hydrogens (primary N) is 1. The van der Waals surface area contributed by atoms with Gasteiger partial charge in [0.05, 0.1) is 10.1 Å². The summed E-state index contributed by atoms with van der Waals surface area (Å²) in [7, 11) is -3.73. The minimum atomic E-state index is -3.73. The summed E-state index contributed by atoms with van der Waals surface area (Å²) in [6, 6.07) is 2.27. The molecule has 2 N–H and O–H groups in total. The number of sulfone groups is 1. The van der Waals surface area contributed by atoms with Gasteiger partial charge < -0.3 is 5.73 Å². The first-order valence-corrected chi connectivity index (χ1v) is 8.85. The van der Waals surface area contributed by atoms with Crippen molar-refractivity contribution in [3.8, 4) is 0 Å². The van der Waals surface area contributed by atoms with Crippen molar-refractivity contribution in [1.82, 2.24) is 0 Å². The Balaban J connectivity index is 2.30. The van der Waals surface area contributed by atoms with Crippen LogP contribution in [-0.2, 0) is 9.84 Å². The van der Waals surface area contributed by atoms with Gasteiger partial charge in [-0.3, -0.25) is 0 Å². The summed E-state index contributed by atoms with van der Waals surface area (Å²) in [6.45, 7) is 2.06. The van der Waals surface area contributed by atoms with Crippen LogP contribution in [0.3, 0.4) is 0 Å². The van der Waals surface area contributed by atoms with Crippen molar-refractivity contribution in [2.75, 3.05) is 0 Å². The van der Waals surface area contributed by atoms with Crippen LogP contribution in [0.2, 0.25) is 0 Å². The van der Waals surface area contributed by atoms with E-state index in [0.717, 1.165) is 37.5 Å². The van der Waals surface area contributed by atoms with E-state index in [1.807, 2.05) is 0 Å². The zero-order chi connectivity index (χ0) is 15.6. The van der Waals surface area contributed by atoms with Gasteiger partial charge >= 0.3 is 0 Å². The number of benzene rings is 1. The zero-order valence-electron chi connectivity index (χ0n) is 12.1. The van der Waals surface area contributed by atoms with Gasteiger partial charge in [-0.25, -0.2) is 17.2 Å². The van der Waals surface area contributed by atoms with Crippen LogP contribution in [0.5, 0.6) is 0 Å². The highest BCUT2D eigenvalue weighted by molar-refractivity contribution is 7.92. The van der Waals surface area contributed by atoms with Gasteiger partial charge in [-0.15, -0.1) is 0 Å². The van der Waals surface area contributed by atoms with Crippen molar-refractivity contribution in [1.29, 1.82) is 0 Å². The molecule has 0 bridgehead atoms. The predicted octanol–water partition coefficient (Wildman–Crippen LogP) is 3.03. The Morgan fingerprint density at radius 1 is 1.24 bits per heavy atom. The lowest BCUT2D eigenvalue weighted by molar-refractivity contribution is 0.309. The third-order valence-corrected chi connectivity index (χ3v) is 6.52. The minimum Gasteiger partial charge on any atom is -0.327 e. The zero-order valence-corrected chi connectivity index (χ0v) is 12.9. The maximum atomic E-state index is 13.3. The molecule has 3 nitrogen and oxygen atoms in total. The van der Waals surface area contributed by atoms with E-state index >= 15 is 0 Å². The van der Waals surface area contributed by atoms with Crippen molar-refractivity contribution in [3.05, 3.63) is 29.8 Å². The van der Waals surface area contributed by atoms with E-state index in [1.54, 1.807) is 0 Å². The normalized spacial score (nSPS) is 26.8. The van der Waals surface area contributed by atoms with E-state index in [4.69, 9.17) is 5.73 Å². The summed E-state index contributed by atoms with van der Waals surface area (Å²) in [5, 5.41) is -0.715. The molecule has 1 aromatic carbocycles. The Labute approximate surface area is 124 Å². The van der Waals surface area contributed by atoms with Crippen molar-refractivity contribution < 1.29 is 17.2 Å². The second-order valence-electron chi connectivity index (χ2n) is 5.79. The summed E-state index contributed by atoms with van der Waals surface area (Å²) in [4.78, 5) is -0.181. The molecule has 1 aliphatic carbocycles. The fourth-order valence-electron chi connectivity index (χ4n) is 3.09. The van der Waals surface area contributed by atoms with Crippen LogP contribution in [0, 0.1) is 17.6 Å². The van der Waals surface area contributed by atoms with Crippen LogP contribution in [0.4, 0.5) is 8.78 Å². The number of hydrogen-bond donors (Lipinski definition) is 1. The average molecular weight is 317 g/mol. The highest BCUT2D eigenvalue weighted by Gasteiger charge is 2.38. The van der Waals surface area contributed by atoms with E-state index in [1.165, 1.54) is 0 Å². The Morgan fingerprint density at radius 2 is 1.95 bits per heavy atom. The summed E-state index contributed by atoms with van der Waals surface area (Å²) in [6.07, 6.45) is 4.04. The molecule has 0 heterocycles. The number of halogens is 2. The summed E-state index contributed by atoms with van der Waals surface area (Å²) >= 11 is 0. The number of hydrogen-bond acceptors (Lipinski definition) is 3. The fraction of sp³-hybridized carbons (Fsp3) is 0.600. The molecule has 3 atom stereocenters. The average Bonchev–Trinajstić information content (AvgIpc) is 2.44. The van der Waals surface area contributed by atoms with Crippen LogP contribution in [0.25, 0.3) is 0 Å². The summed E-state index contributed by atoms with van der Waals surface area (Å²) < 4.78 is 51.6. The third-order valence-electron chi connectivity index (χ3n) is 4.27. The van der Waals surface area contributed by atoms with Crippen LogP contribution < -0.4 is 5.73 Å². The lowest BCUT2D eigenvalue weighted by atomic mass is 9.83. The van der Waals surface area contributed by atoms with Gasteiger partial charge in [-0.2, -0.15) is 0 Å². The van der Waals surface area contributed by atoms with Gasteiger partial charge in [0, 0.05) is 6.04 Å². The maximum Gasteiger partial charge on any atom is 0.182 e. The minimum absolute atomic E-state index is 0.181. The molecule has 1 saturated carbocycles. The van der Waals surface area contributed by atoms with Crippen LogP contribution in [0.15, 0.2) is 23.1 Å². The Bertz CT molecular complexity index is 604. The fourth-order valence-corrected chi connectivity index (χ4v) is 5.09. The molecule has 118 valence electrons. The largest absolute Gasteiger partial charge is 0.327 e. The lowest BCUT2D eigenvalue weighted by Gasteiger charge is -2.33. The lowest BCUT2D eigenvalue weighted by Crippen LogP contribution is -2.45. The van der Waals surface area contributed by atoms with Crippen LogP contribution >= 0.6 is 0 Å². The first kappa shape index (κ1) is 16.4. The topological polar surface area (TPSA) is 60.2 Å². The van der Waals surface area contributed by atoms with Gasteiger partial charge in [0.15, 0.2) is 21.5 Å². The van der Waals surface area contributed by atoms with E-state index in [-0.39, 0.29) is 4.90 Å². The Hall–Kier alpha value is -1.01.